The van der Waals surface area contributed by atoms with Crippen LogP contribution in [0.3, 0.4) is 0 Å². The van der Waals surface area contributed by atoms with Crippen LogP contribution in [0.25, 0.3) is 0 Å². The lowest BCUT2D eigenvalue weighted by Gasteiger charge is -2.20. The average molecular weight is 305 g/mol. The molecule has 4 nitrogen and oxygen atoms in total. The summed E-state index contributed by atoms with van der Waals surface area (Å²) in [6.07, 6.45) is 4.79. The second-order valence-corrected chi connectivity index (χ2v) is 7.42. The zero-order chi connectivity index (χ0) is 14.0. The van der Waals surface area contributed by atoms with Gasteiger partial charge in [-0.1, -0.05) is 6.92 Å². The predicted octanol–water partition coefficient (Wildman–Crippen LogP) is 2.57. The fourth-order valence-electron chi connectivity index (χ4n) is 2.15. The van der Waals surface area contributed by atoms with E-state index in [4.69, 9.17) is 11.6 Å². The first-order chi connectivity index (χ1) is 8.98. The third-order valence-corrected chi connectivity index (χ3v) is 5.59. The van der Waals surface area contributed by atoms with Gasteiger partial charge in [-0.2, -0.15) is 4.31 Å². The molecule has 0 aromatic carbocycles. The summed E-state index contributed by atoms with van der Waals surface area (Å²) in [4.78, 5) is 0.361. The normalized spacial score (nSPS) is 16.2. The molecule has 0 aliphatic heterocycles. The molecule has 0 spiro atoms. The minimum atomic E-state index is -3.38. The maximum absolute atomic E-state index is 12.6. The van der Waals surface area contributed by atoms with Crippen molar-refractivity contribution in [3.8, 4) is 0 Å². The molecule has 1 aromatic heterocycles. The molecule has 1 aliphatic rings. The molecule has 0 amide bonds. The fraction of sp³-hybridized carbons (Fsp3) is 0.692. The van der Waals surface area contributed by atoms with Gasteiger partial charge in [-0.25, -0.2) is 8.42 Å². The quantitative estimate of drug-likeness (QED) is 0.727. The van der Waals surface area contributed by atoms with Crippen molar-refractivity contribution in [2.45, 2.75) is 37.0 Å². The molecule has 0 radical (unpaired) electrons. The lowest BCUT2D eigenvalue weighted by atomic mass is 10.4. The van der Waals surface area contributed by atoms with Gasteiger partial charge in [0.15, 0.2) is 0 Å². The summed E-state index contributed by atoms with van der Waals surface area (Å²) in [6.45, 7) is 3.25. The zero-order valence-corrected chi connectivity index (χ0v) is 13.0. The first-order valence-electron chi connectivity index (χ1n) is 6.70. The van der Waals surface area contributed by atoms with Crippen LogP contribution in [0.5, 0.6) is 0 Å². The fourth-order valence-corrected chi connectivity index (χ4v) is 4.12. The van der Waals surface area contributed by atoms with Crippen molar-refractivity contribution in [2.24, 2.45) is 13.0 Å². The maximum Gasteiger partial charge on any atom is 0.244 e. The van der Waals surface area contributed by atoms with Crippen molar-refractivity contribution in [3.63, 3.8) is 0 Å². The largest absolute Gasteiger partial charge is 0.352 e. The molecule has 108 valence electrons. The predicted molar refractivity (Wildman–Crippen MR) is 76.7 cm³/mol. The van der Waals surface area contributed by atoms with E-state index in [0.717, 1.165) is 25.0 Å². The van der Waals surface area contributed by atoms with Crippen molar-refractivity contribution >= 4 is 21.6 Å². The number of hydrogen-bond acceptors (Lipinski definition) is 2. The van der Waals surface area contributed by atoms with E-state index >= 15 is 0 Å². The molecular formula is C13H21ClN2O2S. The topological polar surface area (TPSA) is 42.3 Å². The Bertz CT molecular complexity index is 535. The van der Waals surface area contributed by atoms with Crippen molar-refractivity contribution in [2.75, 3.05) is 13.1 Å². The standard InChI is InChI=1S/C13H21ClN2O2S/c1-3-6-16(9-11-4-5-11)19(17,18)13-7-12(8-14)15(2)10-13/h7,10-11H,3-6,8-9H2,1-2H3. The van der Waals surface area contributed by atoms with Gasteiger partial charge in [0.2, 0.25) is 10.0 Å². The van der Waals surface area contributed by atoms with E-state index in [0.29, 0.717) is 29.8 Å². The van der Waals surface area contributed by atoms with Gasteiger partial charge in [0.05, 0.1) is 5.88 Å². The van der Waals surface area contributed by atoms with Gasteiger partial charge in [0, 0.05) is 32.0 Å². The van der Waals surface area contributed by atoms with Crippen LogP contribution in [0.15, 0.2) is 17.2 Å². The Balaban J connectivity index is 2.26. The van der Waals surface area contributed by atoms with E-state index in [1.54, 1.807) is 21.1 Å². The number of hydrogen-bond donors (Lipinski definition) is 0. The first kappa shape index (κ1) is 14.9. The Hall–Kier alpha value is -0.520. The number of aryl methyl sites for hydroxylation is 1. The number of aromatic nitrogens is 1. The van der Waals surface area contributed by atoms with Gasteiger partial charge in [0.1, 0.15) is 4.90 Å². The van der Waals surface area contributed by atoms with Crippen LogP contribution in [0.2, 0.25) is 0 Å². The van der Waals surface area contributed by atoms with Gasteiger partial charge in [0.25, 0.3) is 0 Å². The van der Waals surface area contributed by atoms with Gasteiger partial charge >= 0.3 is 0 Å². The minimum absolute atomic E-state index is 0.322. The Morgan fingerprint density at radius 3 is 2.63 bits per heavy atom. The molecule has 1 heterocycles. The number of rotatable bonds is 7. The summed E-state index contributed by atoms with van der Waals surface area (Å²) in [7, 11) is -1.55. The summed E-state index contributed by atoms with van der Waals surface area (Å²) in [5.74, 6) is 0.875. The molecule has 1 saturated carbocycles. The molecular weight excluding hydrogens is 284 g/mol. The molecule has 1 aliphatic carbocycles. The van der Waals surface area contributed by atoms with Crippen LogP contribution in [0, 0.1) is 5.92 Å². The van der Waals surface area contributed by atoms with Crippen LogP contribution in [0.4, 0.5) is 0 Å². The van der Waals surface area contributed by atoms with Crippen LogP contribution >= 0.6 is 11.6 Å². The summed E-state index contributed by atoms with van der Waals surface area (Å²) in [5.41, 5.74) is 0.822. The molecule has 0 atom stereocenters. The van der Waals surface area contributed by atoms with Crippen molar-refractivity contribution < 1.29 is 8.42 Å². The molecule has 1 aromatic rings. The minimum Gasteiger partial charge on any atom is -0.352 e. The summed E-state index contributed by atoms with van der Waals surface area (Å²) < 4.78 is 28.7. The highest BCUT2D eigenvalue weighted by Crippen LogP contribution is 2.32. The lowest BCUT2D eigenvalue weighted by molar-refractivity contribution is 0.395. The number of nitrogens with zero attached hydrogens (tertiary/aromatic N) is 2. The third-order valence-electron chi connectivity index (χ3n) is 3.49. The molecule has 6 heteroatoms. The van der Waals surface area contributed by atoms with E-state index in [1.165, 1.54) is 0 Å². The van der Waals surface area contributed by atoms with Crippen molar-refractivity contribution in [1.82, 2.24) is 8.87 Å². The van der Waals surface area contributed by atoms with Crippen LogP contribution < -0.4 is 0 Å². The van der Waals surface area contributed by atoms with Gasteiger partial charge in [-0.05, 0) is 31.2 Å². The summed E-state index contributed by atoms with van der Waals surface area (Å²) >= 11 is 5.80. The highest BCUT2D eigenvalue weighted by atomic mass is 35.5. The number of alkyl halides is 1. The molecule has 0 N–H and O–H groups in total. The second-order valence-electron chi connectivity index (χ2n) is 5.22. The maximum atomic E-state index is 12.6. The van der Waals surface area contributed by atoms with E-state index in [2.05, 4.69) is 0 Å². The SMILES string of the molecule is CCCN(CC1CC1)S(=O)(=O)c1cc(CCl)n(C)c1. The molecule has 0 saturated heterocycles. The highest BCUT2D eigenvalue weighted by molar-refractivity contribution is 7.89. The summed E-state index contributed by atoms with van der Waals surface area (Å²) in [5, 5.41) is 0. The zero-order valence-electron chi connectivity index (χ0n) is 11.5. The van der Waals surface area contributed by atoms with E-state index in [1.807, 2.05) is 14.0 Å². The summed E-state index contributed by atoms with van der Waals surface area (Å²) in [6, 6.07) is 1.68. The monoisotopic (exact) mass is 304 g/mol. The smallest absolute Gasteiger partial charge is 0.244 e. The molecule has 0 bridgehead atoms. The third kappa shape index (κ3) is 3.33. The Labute approximate surface area is 120 Å². The Kier molecular flexibility index (Phi) is 4.58. The molecule has 0 unspecified atom stereocenters. The molecule has 1 fully saturated rings. The average Bonchev–Trinajstić information content (AvgIpc) is 3.09. The van der Waals surface area contributed by atoms with E-state index < -0.39 is 10.0 Å². The Morgan fingerprint density at radius 2 is 2.16 bits per heavy atom. The molecule has 19 heavy (non-hydrogen) atoms. The van der Waals surface area contributed by atoms with Crippen molar-refractivity contribution in [1.29, 1.82) is 0 Å². The Morgan fingerprint density at radius 1 is 1.47 bits per heavy atom. The van der Waals surface area contributed by atoms with E-state index in [-0.39, 0.29) is 0 Å². The number of halogens is 1. The van der Waals surface area contributed by atoms with Gasteiger partial charge in [-0.3, -0.25) is 0 Å². The molecule has 2 rings (SSSR count). The van der Waals surface area contributed by atoms with Crippen molar-refractivity contribution in [3.05, 3.63) is 18.0 Å². The van der Waals surface area contributed by atoms with Gasteiger partial charge in [-0.15, -0.1) is 11.6 Å². The second kappa shape index (κ2) is 5.85. The van der Waals surface area contributed by atoms with Crippen LogP contribution in [0.1, 0.15) is 31.9 Å². The van der Waals surface area contributed by atoms with Crippen LogP contribution in [-0.2, 0) is 23.0 Å². The van der Waals surface area contributed by atoms with Gasteiger partial charge < -0.3 is 4.57 Å². The highest BCUT2D eigenvalue weighted by Gasteiger charge is 2.31. The number of sulfonamides is 1. The first-order valence-corrected chi connectivity index (χ1v) is 8.67. The van der Waals surface area contributed by atoms with Crippen LogP contribution in [-0.4, -0.2) is 30.4 Å². The lowest BCUT2D eigenvalue weighted by Crippen LogP contribution is -2.33. The van der Waals surface area contributed by atoms with E-state index in [9.17, 15) is 8.42 Å².